The van der Waals surface area contributed by atoms with E-state index in [0.29, 0.717) is 0 Å². The van der Waals surface area contributed by atoms with Crippen LogP contribution >= 0.6 is 23.2 Å². The molecule has 0 atom stereocenters. The Kier molecular flexibility index (Phi) is 4.39. The Morgan fingerprint density at radius 2 is 1.60 bits per heavy atom. The summed E-state index contributed by atoms with van der Waals surface area (Å²) in [5, 5.41) is 0.396. The zero-order valence-corrected chi connectivity index (χ0v) is 12.4. The number of rotatable bonds is 4. The second kappa shape index (κ2) is 5.88. The SMILES string of the molecule is NNc1ccccc1S(=O)(=O)Nc1cccc(Cl)c1Cl. The third kappa shape index (κ3) is 2.99. The van der Waals surface area contributed by atoms with Crippen molar-refractivity contribution in [3.63, 3.8) is 0 Å². The van der Waals surface area contributed by atoms with E-state index in [9.17, 15) is 8.42 Å². The summed E-state index contributed by atoms with van der Waals surface area (Å²) in [5.41, 5.74) is 2.81. The Balaban J connectivity index is 2.44. The van der Waals surface area contributed by atoms with Gasteiger partial charge in [-0.3, -0.25) is 10.6 Å². The standard InChI is InChI=1S/C12H11Cl2N3O2S/c13-8-4-3-6-10(12(8)14)17-20(18,19)11-7-2-1-5-9(11)16-15/h1-7,16-17H,15H2. The predicted octanol–water partition coefficient (Wildman–Crippen LogP) is 3.08. The maximum Gasteiger partial charge on any atom is 0.264 e. The lowest BCUT2D eigenvalue weighted by molar-refractivity contribution is 0.601. The second-order valence-electron chi connectivity index (χ2n) is 3.85. The number of nitrogens with one attached hydrogen (secondary N) is 2. The minimum absolute atomic E-state index is 0.0125. The van der Waals surface area contributed by atoms with Crippen LogP contribution in [-0.4, -0.2) is 8.42 Å². The van der Waals surface area contributed by atoms with Crippen molar-refractivity contribution in [1.82, 2.24) is 0 Å². The molecule has 8 heteroatoms. The Bertz CT molecular complexity index is 735. The summed E-state index contributed by atoms with van der Waals surface area (Å²) in [7, 11) is -3.83. The minimum atomic E-state index is -3.83. The average molecular weight is 332 g/mol. The molecule has 0 aliphatic carbocycles. The molecule has 2 rings (SSSR count). The molecule has 0 heterocycles. The quantitative estimate of drug-likeness (QED) is 0.593. The van der Waals surface area contributed by atoms with Crippen LogP contribution in [0.5, 0.6) is 0 Å². The zero-order chi connectivity index (χ0) is 14.8. The highest BCUT2D eigenvalue weighted by Gasteiger charge is 2.19. The number of nitrogens with two attached hydrogens (primary N) is 1. The summed E-state index contributed by atoms with van der Waals surface area (Å²) in [4.78, 5) is 0.0125. The van der Waals surface area contributed by atoms with E-state index in [-0.39, 0.29) is 26.3 Å². The maximum atomic E-state index is 12.3. The van der Waals surface area contributed by atoms with E-state index < -0.39 is 10.0 Å². The van der Waals surface area contributed by atoms with Crippen molar-refractivity contribution in [2.75, 3.05) is 10.1 Å². The van der Waals surface area contributed by atoms with Gasteiger partial charge in [-0.2, -0.15) is 0 Å². The molecule has 2 aromatic carbocycles. The molecule has 5 nitrogen and oxygen atoms in total. The van der Waals surface area contributed by atoms with Crippen molar-refractivity contribution < 1.29 is 8.42 Å². The van der Waals surface area contributed by atoms with E-state index in [4.69, 9.17) is 29.0 Å². The smallest absolute Gasteiger partial charge is 0.264 e. The second-order valence-corrected chi connectivity index (χ2v) is 6.28. The minimum Gasteiger partial charge on any atom is -0.323 e. The normalized spacial score (nSPS) is 11.2. The highest BCUT2D eigenvalue weighted by Crippen LogP contribution is 2.32. The largest absolute Gasteiger partial charge is 0.323 e. The van der Waals surface area contributed by atoms with Gasteiger partial charge in [-0.15, -0.1) is 0 Å². The van der Waals surface area contributed by atoms with E-state index in [1.807, 2.05) is 0 Å². The first-order valence-electron chi connectivity index (χ1n) is 5.48. The van der Waals surface area contributed by atoms with Gasteiger partial charge >= 0.3 is 0 Å². The molecule has 0 radical (unpaired) electrons. The lowest BCUT2D eigenvalue weighted by atomic mass is 10.3. The molecular formula is C12H11Cl2N3O2S. The number of benzene rings is 2. The summed E-state index contributed by atoms with van der Waals surface area (Å²) in [6.45, 7) is 0. The molecule has 0 aromatic heterocycles. The number of anilines is 2. The number of sulfonamides is 1. The van der Waals surface area contributed by atoms with Gasteiger partial charge in [0.25, 0.3) is 10.0 Å². The fraction of sp³-hybridized carbons (Fsp3) is 0. The van der Waals surface area contributed by atoms with Crippen molar-refractivity contribution in [3.05, 3.63) is 52.5 Å². The zero-order valence-electron chi connectivity index (χ0n) is 10.1. The molecule has 0 amide bonds. The van der Waals surface area contributed by atoms with Crippen LogP contribution in [0.25, 0.3) is 0 Å². The highest BCUT2D eigenvalue weighted by molar-refractivity contribution is 7.92. The summed E-state index contributed by atoms with van der Waals surface area (Å²) < 4.78 is 27.1. The molecule has 0 bridgehead atoms. The number of halogens is 2. The predicted molar refractivity (Wildman–Crippen MR) is 81.5 cm³/mol. The monoisotopic (exact) mass is 331 g/mol. The van der Waals surface area contributed by atoms with Crippen LogP contribution in [0.3, 0.4) is 0 Å². The van der Waals surface area contributed by atoms with E-state index >= 15 is 0 Å². The third-order valence-corrected chi connectivity index (χ3v) is 4.77. The number of hydrogen-bond acceptors (Lipinski definition) is 4. The first-order chi connectivity index (χ1) is 9.45. The van der Waals surface area contributed by atoms with Gasteiger partial charge in [-0.05, 0) is 24.3 Å². The molecule has 0 saturated heterocycles. The summed E-state index contributed by atoms with van der Waals surface area (Å²) in [6, 6.07) is 10.9. The molecule has 20 heavy (non-hydrogen) atoms. The number of nitrogen functional groups attached to an aromatic ring is 1. The van der Waals surface area contributed by atoms with Crippen molar-refractivity contribution >= 4 is 44.6 Å². The number of hydrazine groups is 1. The van der Waals surface area contributed by atoms with Crippen LogP contribution in [0.15, 0.2) is 47.4 Å². The van der Waals surface area contributed by atoms with E-state index in [1.54, 1.807) is 30.3 Å². The average Bonchev–Trinajstić information content (AvgIpc) is 2.43. The van der Waals surface area contributed by atoms with Crippen molar-refractivity contribution in [2.24, 2.45) is 5.84 Å². The van der Waals surface area contributed by atoms with Gasteiger partial charge in [0, 0.05) is 0 Å². The van der Waals surface area contributed by atoms with Crippen LogP contribution in [-0.2, 0) is 10.0 Å². The fourth-order valence-electron chi connectivity index (χ4n) is 1.60. The van der Waals surface area contributed by atoms with Gasteiger partial charge in [0.05, 0.1) is 21.4 Å². The van der Waals surface area contributed by atoms with Crippen molar-refractivity contribution in [3.8, 4) is 0 Å². The molecule has 2 aromatic rings. The molecule has 0 unspecified atom stereocenters. The molecular weight excluding hydrogens is 321 g/mol. The molecule has 106 valence electrons. The maximum absolute atomic E-state index is 12.3. The molecule has 0 aliphatic heterocycles. The fourth-order valence-corrected chi connectivity index (χ4v) is 3.25. The number of hydrogen-bond donors (Lipinski definition) is 3. The molecule has 0 saturated carbocycles. The Morgan fingerprint density at radius 3 is 2.30 bits per heavy atom. The van der Waals surface area contributed by atoms with Gasteiger partial charge in [0.1, 0.15) is 4.90 Å². The van der Waals surface area contributed by atoms with Crippen molar-refractivity contribution in [1.29, 1.82) is 0 Å². The van der Waals surface area contributed by atoms with Gasteiger partial charge in [0.2, 0.25) is 0 Å². The topological polar surface area (TPSA) is 84.2 Å². The molecule has 0 fully saturated rings. The Labute approximate surface area is 126 Å². The first kappa shape index (κ1) is 14.9. The van der Waals surface area contributed by atoms with Gasteiger partial charge < -0.3 is 5.43 Å². The Hall–Kier alpha value is -1.47. The van der Waals surface area contributed by atoms with Crippen LogP contribution in [0.4, 0.5) is 11.4 Å². The third-order valence-electron chi connectivity index (χ3n) is 2.53. The van der Waals surface area contributed by atoms with Gasteiger partial charge in [0.15, 0.2) is 0 Å². The summed E-state index contributed by atoms with van der Waals surface area (Å²) >= 11 is 11.8. The summed E-state index contributed by atoms with van der Waals surface area (Å²) in [6.07, 6.45) is 0. The van der Waals surface area contributed by atoms with E-state index in [1.165, 1.54) is 12.1 Å². The number of para-hydroxylation sites is 1. The van der Waals surface area contributed by atoms with Gasteiger partial charge in [-0.1, -0.05) is 41.4 Å². The van der Waals surface area contributed by atoms with E-state index in [2.05, 4.69) is 10.1 Å². The Morgan fingerprint density at radius 1 is 0.950 bits per heavy atom. The summed E-state index contributed by atoms with van der Waals surface area (Å²) in [5.74, 6) is 5.31. The van der Waals surface area contributed by atoms with Crippen LogP contribution < -0.4 is 16.0 Å². The van der Waals surface area contributed by atoms with Crippen LogP contribution in [0.1, 0.15) is 0 Å². The van der Waals surface area contributed by atoms with Crippen LogP contribution in [0, 0.1) is 0 Å². The molecule has 0 spiro atoms. The molecule has 0 aliphatic rings. The molecule has 4 N–H and O–H groups in total. The van der Waals surface area contributed by atoms with Crippen LogP contribution in [0.2, 0.25) is 10.0 Å². The lowest BCUT2D eigenvalue weighted by Gasteiger charge is -2.13. The lowest BCUT2D eigenvalue weighted by Crippen LogP contribution is -2.17. The van der Waals surface area contributed by atoms with Gasteiger partial charge in [-0.25, -0.2) is 8.42 Å². The van der Waals surface area contributed by atoms with E-state index in [0.717, 1.165) is 0 Å². The van der Waals surface area contributed by atoms with Crippen molar-refractivity contribution in [2.45, 2.75) is 4.90 Å². The first-order valence-corrected chi connectivity index (χ1v) is 7.72. The highest BCUT2D eigenvalue weighted by atomic mass is 35.5.